The third-order valence-corrected chi connectivity index (χ3v) is 4.70. The fourth-order valence-electron chi connectivity index (χ4n) is 1.80. The number of hydrogen-bond donors (Lipinski definition) is 1. The molecule has 0 saturated carbocycles. The highest BCUT2D eigenvalue weighted by molar-refractivity contribution is 7.89. The molecule has 0 aromatic carbocycles. The lowest BCUT2D eigenvalue weighted by Gasteiger charge is -2.21. The lowest BCUT2D eigenvalue weighted by Crippen LogP contribution is -2.38. The lowest BCUT2D eigenvalue weighted by atomic mass is 10.0. The predicted molar refractivity (Wildman–Crippen MR) is 51.4 cm³/mol. The van der Waals surface area contributed by atoms with E-state index in [1.54, 1.807) is 13.8 Å². The molecule has 1 aliphatic heterocycles. The summed E-state index contributed by atoms with van der Waals surface area (Å²) < 4.78 is 24.3. The van der Waals surface area contributed by atoms with E-state index in [4.69, 9.17) is 5.11 Å². The number of rotatable bonds is 3. The maximum atomic E-state index is 11.5. The van der Waals surface area contributed by atoms with E-state index in [-0.39, 0.29) is 5.75 Å². The Hall–Kier alpha value is -0.620. The van der Waals surface area contributed by atoms with Gasteiger partial charge in [-0.1, -0.05) is 0 Å². The van der Waals surface area contributed by atoms with E-state index in [1.807, 2.05) is 0 Å². The molecular formula is C8H15NO4S. The zero-order valence-corrected chi connectivity index (χ0v) is 9.12. The lowest BCUT2D eigenvalue weighted by molar-refractivity contribution is -0.142. The van der Waals surface area contributed by atoms with Gasteiger partial charge in [0.05, 0.1) is 11.7 Å². The van der Waals surface area contributed by atoms with Crippen molar-refractivity contribution >= 4 is 16.0 Å². The van der Waals surface area contributed by atoms with Gasteiger partial charge in [0.2, 0.25) is 10.0 Å². The third-order valence-electron chi connectivity index (χ3n) is 2.74. The van der Waals surface area contributed by atoms with Gasteiger partial charge >= 0.3 is 5.97 Å². The molecule has 1 fully saturated rings. The molecule has 1 heterocycles. The summed E-state index contributed by atoms with van der Waals surface area (Å²) in [5, 5.41) is 8.82. The summed E-state index contributed by atoms with van der Waals surface area (Å²) >= 11 is 0. The van der Waals surface area contributed by atoms with Crippen LogP contribution in [0.2, 0.25) is 0 Å². The standard InChI is InChI=1S/C8H15NO4S/c1-3-14(12,13)9-5-4-7(6(9)2)8(10)11/h6-7H,3-5H2,1-2H3,(H,10,11). The van der Waals surface area contributed by atoms with Crippen LogP contribution in [-0.2, 0) is 14.8 Å². The molecule has 2 atom stereocenters. The van der Waals surface area contributed by atoms with Gasteiger partial charge in [0.25, 0.3) is 0 Å². The van der Waals surface area contributed by atoms with Crippen LogP contribution in [0.5, 0.6) is 0 Å². The molecule has 1 rings (SSSR count). The van der Waals surface area contributed by atoms with Crippen LogP contribution in [0.3, 0.4) is 0 Å². The van der Waals surface area contributed by atoms with Crippen LogP contribution in [0.15, 0.2) is 0 Å². The second-order valence-corrected chi connectivity index (χ2v) is 5.70. The highest BCUT2D eigenvalue weighted by Gasteiger charge is 2.40. The fraction of sp³-hybridized carbons (Fsp3) is 0.875. The highest BCUT2D eigenvalue weighted by atomic mass is 32.2. The van der Waals surface area contributed by atoms with Gasteiger partial charge in [0.15, 0.2) is 0 Å². The first kappa shape index (κ1) is 11.5. The summed E-state index contributed by atoms with van der Waals surface area (Å²) in [6.45, 7) is 3.55. The minimum Gasteiger partial charge on any atom is -0.481 e. The molecule has 82 valence electrons. The van der Waals surface area contributed by atoms with Crippen molar-refractivity contribution in [2.45, 2.75) is 26.3 Å². The SMILES string of the molecule is CCS(=O)(=O)N1CCC(C(=O)O)C1C. The van der Waals surface area contributed by atoms with Crippen molar-refractivity contribution in [3.63, 3.8) is 0 Å². The molecule has 1 saturated heterocycles. The molecule has 0 aromatic heterocycles. The van der Waals surface area contributed by atoms with Gasteiger partial charge < -0.3 is 5.11 Å². The van der Waals surface area contributed by atoms with Crippen LogP contribution >= 0.6 is 0 Å². The first-order chi connectivity index (χ1) is 6.40. The number of nitrogens with zero attached hydrogens (tertiary/aromatic N) is 1. The number of carboxylic acid groups (broad SMARTS) is 1. The Kier molecular flexibility index (Phi) is 3.16. The number of carbonyl (C=O) groups is 1. The molecular weight excluding hydrogens is 206 g/mol. The van der Waals surface area contributed by atoms with Crippen LogP contribution in [0, 0.1) is 5.92 Å². The minimum absolute atomic E-state index is 0.0314. The summed E-state index contributed by atoms with van der Waals surface area (Å²) in [6.07, 6.45) is 0.412. The number of carboxylic acids is 1. The zero-order valence-electron chi connectivity index (χ0n) is 8.30. The minimum atomic E-state index is -3.24. The molecule has 0 bridgehead atoms. The van der Waals surface area contributed by atoms with Crippen molar-refractivity contribution in [1.29, 1.82) is 0 Å². The molecule has 14 heavy (non-hydrogen) atoms. The quantitative estimate of drug-likeness (QED) is 0.735. The maximum Gasteiger partial charge on any atom is 0.308 e. The van der Waals surface area contributed by atoms with Gasteiger partial charge in [-0.25, -0.2) is 8.42 Å². The second kappa shape index (κ2) is 3.86. The Morgan fingerprint density at radius 2 is 2.14 bits per heavy atom. The van der Waals surface area contributed by atoms with Crippen molar-refractivity contribution < 1.29 is 18.3 Å². The molecule has 2 unspecified atom stereocenters. The third kappa shape index (κ3) is 1.90. The van der Waals surface area contributed by atoms with Crippen molar-refractivity contribution in [2.24, 2.45) is 5.92 Å². The van der Waals surface area contributed by atoms with E-state index in [0.717, 1.165) is 0 Å². The molecule has 1 aliphatic rings. The monoisotopic (exact) mass is 221 g/mol. The smallest absolute Gasteiger partial charge is 0.308 e. The Bertz CT molecular complexity index is 324. The zero-order chi connectivity index (χ0) is 10.9. The molecule has 1 N–H and O–H groups in total. The summed E-state index contributed by atoms with van der Waals surface area (Å²) in [4.78, 5) is 10.8. The average molecular weight is 221 g/mol. The van der Waals surface area contributed by atoms with E-state index in [2.05, 4.69) is 0 Å². The van der Waals surface area contributed by atoms with Gasteiger partial charge in [-0.3, -0.25) is 4.79 Å². The van der Waals surface area contributed by atoms with Crippen LogP contribution in [0.1, 0.15) is 20.3 Å². The van der Waals surface area contributed by atoms with Crippen molar-refractivity contribution in [2.75, 3.05) is 12.3 Å². The van der Waals surface area contributed by atoms with E-state index in [0.29, 0.717) is 13.0 Å². The predicted octanol–water partition coefficient (Wildman–Crippen LogP) is 0.131. The van der Waals surface area contributed by atoms with Gasteiger partial charge in [-0.15, -0.1) is 0 Å². The normalized spacial score (nSPS) is 29.3. The molecule has 0 aromatic rings. The van der Waals surface area contributed by atoms with Gasteiger partial charge in [0.1, 0.15) is 0 Å². The van der Waals surface area contributed by atoms with Gasteiger partial charge in [-0.2, -0.15) is 4.31 Å². The Morgan fingerprint density at radius 3 is 2.50 bits per heavy atom. The Labute approximate surface area is 83.8 Å². The largest absolute Gasteiger partial charge is 0.481 e. The molecule has 5 nitrogen and oxygen atoms in total. The summed E-state index contributed by atoms with van der Waals surface area (Å²) in [5.41, 5.74) is 0. The van der Waals surface area contributed by atoms with Crippen LogP contribution < -0.4 is 0 Å². The molecule has 6 heteroatoms. The molecule has 0 aliphatic carbocycles. The van der Waals surface area contributed by atoms with E-state index >= 15 is 0 Å². The Morgan fingerprint density at radius 1 is 1.57 bits per heavy atom. The van der Waals surface area contributed by atoms with Crippen molar-refractivity contribution in [3.8, 4) is 0 Å². The number of sulfonamides is 1. The van der Waals surface area contributed by atoms with Crippen molar-refractivity contribution in [3.05, 3.63) is 0 Å². The van der Waals surface area contributed by atoms with Gasteiger partial charge in [0, 0.05) is 12.6 Å². The number of hydrogen-bond acceptors (Lipinski definition) is 3. The first-order valence-electron chi connectivity index (χ1n) is 4.62. The summed E-state index contributed by atoms with van der Waals surface area (Å²) in [6, 6.07) is -0.419. The fourth-order valence-corrected chi connectivity index (χ4v) is 3.17. The van der Waals surface area contributed by atoms with E-state index < -0.39 is 28.0 Å². The highest BCUT2D eigenvalue weighted by Crippen LogP contribution is 2.26. The van der Waals surface area contributed by atoms with Crippen molar-refractivity contribution in [1.82, 2.24) is 4.31 Å². The first-order valence-corrected chi connectivity index (χ1v) is 6.23. The molecule has 0 spiro atoms. The topological polar surface area (TPSA) is 74.7 Å². The van der Waals surface area contributed by atoms with Crippen LogP contribution in [-0.4, -0.2) is 42.1 Å². The number of aliphatic carboxylic acids is 1. The van der Waals surface area contributed by atoms with Crippen LogP contribution in [0.4, 0.5) is 0 Å². The molecule has 0 radical (unpaired) electrons. The van der Waals surface area contributed by atoms with E-state index in [1.165, 1.54) is 4.31 Å². The summed E-state index contributed by atoms with van der Waals surface area (Å²) in [5.74, 6) is -1.44. The molecule has 0 amide bonds. The maximum absolute atomic E-state index is 11.5. The van der Waals surface area contributed by atoms with Gasteiger partial charge in [-0.05, 0) is 20.3 Å². The van der Waals surface area contributed by atoms with Crippen LogP contribution in [0.25, 0.3) is 0 Å². The second-order valence-electron chi connectivity index (χ2n) is 3.49. The summed E-state index contributed by atoms with van der Waals surface area (Å²) in [7, 11) is -3.24. The Balaban J connectivity index is 2.84. The van der Waals surface area contributed by atoms with E-state index in [9.17, 15) is 13.2 Å². The average Bonchev–Trinajstić information content (AvgIpc) is 2.47.